The lowest BCUT2D eigenvalue weighted by molar-refractivity contribution is -0.118. The van der Waals surface area contributed by atoms with Crippen LogP contribution in [0.1, 0.15) is 44.2 Å². The van der Waals surface area contributed by atoms with Gasteiger partial charge in [0.25, 0.3) is 5.91 Å². The number of amides is 2. The zero-order valence-corrected chi connectivity index (χ0v) is 17.0. The second kappa shape index (κ2) is 7.20. The molecule has 0 fully saturated rings. The molecule has 6 heteroatoms. The third-order valence-corrected chi connectivity index (χ3v) is 5.41. The standard InChI is InChI=1S/C23H24N4O2/c1-13-7-5-9-16(11-13)19-18-15(3)26-27(4)21(18)25-23(29)20(19)24-22(28)17-10-6-8-14(2)12-17/h5-12,19-20H,1-4H3,(H,24,28)(H,25,29)/t19-,20+/m1/s1. The summed E-state index contributed by atoms with van der Waals surface area (Å²) in [7, 11) is 1.81. The van der Waals surface area contributed by atoms with Crippen molar-refractivity contribution in [2.75, 3.05) is 5.32 Å². The van der Waals surface area contributed by atoms with E-state index in [2.05, 4.69) is 21.8 Å². The van der Waals surface area contributed by atoms with Crippen LogP contribution >= 0.6 is 0 Å². The van der Waals surface area contributed by atoms with Gasteiger partial charge in [-0.3, -0.25) is 14.3 Å². The summed E-state index contributed by atoms with van der Waals surface area (Å²) in [5, 5.41) is 10.4. The van der Waals surface area contributed by atoms with E-state index < -0.39 is 6.04 Å². The molecule has 1 aliphatic heterocycles. The molecule has 0 saturated carbocycles. The van der Waals surface area contributed by atoms with Crippen LogP contribution < -0.4 is 10.6 Å². The van der Waals surface area contributed by atoms with Gasteiger partial charge in [0.2, 0.25) is 5.91 Å². The van der Waals surface area contributed by atoms with Crippen molar-refractivity contribution in [3.63, 3.8) is 0 Å². The Kier molecular flexibility index (Phi) is 4.70. The van der Waals surface area contributed by atoms with E-state index in [1.165, 1.54) is 0 Å². The van der Waals surface area contributed by atoms with Gasteiger partial charge in [-0.25, -0.2) is 0 Å². The number of benzene rings is 2. The molecule has 0 radical (unpaired) electrons. The number of carbonyl (C=O) groups excluding carboxylic acids is 2. The van der Waals surface area contributed by atoms with Crippen LogP contribution in [0.5, 0.6) is 0 Å². The van der Waals surface area contributed by atoms with E-state index in [0.717, 1.165) is 27.9 Å². The van der Waals surface area contributed by atoms with Gasteiger partial charge in [-0.05, 0) is 38.5 Å². The van der Waals surface area contributed by atoms with Gasteiger partial charge < -0.3 is 10.6 Å². The predicted octanol–water partition coefficient (Wildman–Crippen LogP) is 3.23. The van der Waals surface area contributed by atoms with Crippen LogP contribution in [0, 0.1) is 20.8 Å². The Balaban J connectivity index is 1.79. The summed E-state index contributed by atoms with van der Waals surface area (Å²) in [5.74, 6) is -0.148. The fourth-order valence-corrected chi connectivity index (χ4v) is 4.09. The van der Waals surface area contributed by atoms with Gasteiger partial charge in [0, 0.05) is 24.1 Å². The summed E-state index contributed by atoms with van der Waals surface area (Å²) in [6.45, 7) is 5.88. The van der Waals surface area contributed by atoms with Crippen molar-refractivity contribution in [2.45, 2.75) is 32.7 Å². The van der Waals surface area contributed by atoms with Gasteiger partial charge in [0.05, 0.1) is 5.69 Å². The summed E-state index contributed by atoms with van der Waals surface area (Å²) in [4.78, 5) is 26.0. The van der Waals surface area contributed by atoms with Gasteiger partial charge in [-0.1, -0.05) is 47.5 Å². The van der Waals surface area contributed by atoms with Gasteiger partial charge >= 0.3 is 0 Å². The fourth-order valence-electron chi connectivity index (χ4n) is 4.09. The first kappa shape index (κ1) is 18.9. The van der Waals surface area contributed by atoms with Crippen LogP contribution in [-0.2, 0) is 11.8 Å². The Morgan fingerprint density at radius 1 is 1.07 bits per heavy atom. The van der Waals surface area contributed by atoms with Crippen LogP contribution in [0.4, 0.5) is 5.82 Å². The van der Waals surface area contributed by atoms with Crippen LogP contribution in [0.2, 0.25) is 0 Å². The molecule has 0 unspecified atom stereocenters. The topological polar surface area (TPSA) is 76.0 Å². The molecule has 0 aliphatic carbocycles. The lowest BCUT2D eigenvalue weighted by atomic mass is 9.81. The summed E-state index contributed by atoms with van der Waals surface area (Å²) >= 11 is 0. The second-order valence-corrected chi connectivity index (χ2v) is 7.67. The molecule has 1 aromatic heterocycles. The zero-order valence-electron chi connectivity index (χ0n) is 17.0. The van der Waals surface area contributed by atoms with E-state index in [4.69, 9.17) is 0 Å². The number of carbonyl (C=O) groups is 2. The Hall–Kier alpha value is -3.41. The highest BCUT2D eigenvalue weighted by Gasteiger charge is 2.41. The number of rotatable bonds is 3. The normalized spacial score (nSPS) is 18.1. The van der Waals surface area contributed by atoms with E-state index in [1.807, 2.05) is 64.2 Å². The van der Waals surface area contributed by atoms with Gasteiger partial charge in [0.15, 0.2) is 0 Å². The molecule has 1 aliphatic rings. The molecule has 0 bridgehead atoms. The lowest BCUT2D eigenvalue weighted by Gasteiger charge is -2.32. The second-order valence-electron chi connectivity index (χ2n) is 7.67. The monoisotopic (exact) mass is 388 g/mol. The van der Waals surface area contributed by atoms with Crippen LogP contribution in [0.25, 0.3) is 0 Å². The van der Waals surface area contributed by atoms with Gasteiger partial charge in [-0.15, -0.1) is 0 Å². The predicted molar refractivity (Wildman–Crippen MR) is 112 cm³/mol. The van der Waals surface area contributed by atoms with Crippen LogP contribution in [0.3, 0.4) is 0 Å². The Bertz CT molecular complexity index is 1120. The number of anilines is 1. The quantitative estimate of drug-likeness (QED) is 0.723. The molecule has 0 spiro atoms. The third kappa shape index (κ3) is 3.42. The minimum Gasteiger partial charge on any atom is -0.339 e. The highest BCUT2D eigenvalue weighted by atomic mass is 16.2. The fraction of sp³-hybridized carbons (Fsp3) is 0.261. The number of aromatic nitrogens is 2. The maximum atomic E-state index is 13.1. The zero-order chi connectivity index (χ0) is 20.7. The van der Waals surface area contributed by atoms with E-state index >= 15 is 0 Å². The van der Waals surface area contributed by atoms with E-state index in [0.29, 0.717) is 11.4 Å². The van der Waals surface area contributed by atoms with Crippen molar-refractivity contribution in [3.05, 3.63) is 82.0 Å². The minimum atomic E-state index is -0.736. The molecule has 4 rings (SSSR count). The van der Waals surface area contributed by atoms with E-state index in [1.54, 1.807) is 10.7 Å². The summed E-state index contributed by atoms with van der Waals surface area (Å²) in [6.07, 6.45) is 0. The number of hydrogen-bond donors (Lipinski definition) is 2. The highest BCUT2D eigenvalue weighted by molar-refractivity contribution is 6.04. The summed E-state index contributed by atoms with van der Waals surface area (Å²) in [5.41, 5.74) is 5.38. The van der Waals surface area contributed by atoms with E-state index in [-0.39, 0.29) is 17.7 Å². The molecule has 2 aromatic carbocycles. The van der Waals surface area contributed by atoms with Gasteiger partial charge in [-0.2, -0.15) is 5.10 Å². The van der Waals surface area contributed by atoms with Gasteiger partial charge in [0.1, 0.15) is 11.9 Å². The summed E-state index contributed by atoms with van der Waals surface area (Å²) < 4.78 is 1.68. The largest absolute Gasteiger partial charge is 0.339 e. The number of hydrogen-bond acceptors (Lipinski definition) is 3. The van der Waals surface area contributed by atoms with Crippen molar-refractivity contribution in [3.8, 4) is 0 Å². The molecule has 2 amide bonds. The number of aryl methyl sites for hydroxylation is 4. The molecule has 3 aromatic rings. The van der Waals surface area contributed by atoms with Crippen molar-refractivity contribution < 1.29 is 9.59 Å². The molecule has 148 valence electrons. The number of nitrogens with one attached hydrogen (secondary N) is 2. The van der Waals surface area contributed by atoms with Crippen LogP contribution in [0.15, 0.2) is 48.5 Å². The summed E-state index contributed by atoms with van der Waals surface area (Å²) in [6, 6.07) is 14.7. The van der Waals surface area contributed by atoms with Crippen molar-refractivity contribution in [1.82, 2.24) is 15.1 Å². The minimum absolute atomic E-state index is 0.243. The average Bonchev–Trinajstić information content (AvgIpc) is 2.95. The lowest BCUT2D eigenvalue weighted by Crippen LogP contribution is -2.50. The Labute approximate surface area is 169 Å². The molecule has 0 saturated heterocycles. The Morgan fingerprint density at radius 3 is 2.45 bits per heavy atom. The maximum Gasteiger partial charge on any atom is 0.251 e. The number of nitrogens with zero attached hydrogens (tertiary/aromatic N) is 2. The molecular formula is C23H24N4O2. The molecule has 6 nitrogen and oxygen atoms in total. The SMILES string of the molecule is Cc1cccc(C(=O)N[C@@H]2C(=O)Nc3c(c(C)nn3C)[C@H]2c2cccc(C)c2)c1. The van der Waals surface area contributed by atoms with Crippen LogP contribution in [-0.4, -0.2) is 27.6 Å². The molecule has 2 N–H and O–H groups in total. The van der Waals surface area contributed by atoms with Crippen molar-refractivity contribution >= 4 is 17.6 Å². The van der Waals surface area contributed by atoms with E-state index in [9.17, 15) is 9.59 Å². The first-order valence-corrected chi connectivity index (χ1v) is 9.63. The highest BCUT2D eigenvalue weighted by Crippen LogP contribution is 2.39. The molecule has 29 heavy (non-hydrogen) atoms. The first-order chi connectivity index (χ1) is 13.8. The third-order valence-electron chi connectivity index (χ3n) is 5.41. The Morgan fingerprint density at radius 2 is 1.76 bits per heavy atom. The average molecular weight is 388 g/mol. The van der Waals surface area contributed by atoms with Crippen molar-refractivity contribution in [1.29, 1.82) is 0 Å². The number of fused-ring (bicyclic) bond motifs is 1. The molecule has 2 heterocycles. The maximum absolute atomic E-state index is 13.1. The molecule has 2 atom stereocenters. The molecular weight excluding hydrogens is 364 g/mol. The first-order valence-electron chi connectivity index (χ1n) is 9.63. The van der Waals surface area contributed by atoms with Crippen molar-refractivity contribution in [2.24, 2.45) is 7.05 Å². The smallest absolute Gasteiger partial charge is 0.251 e.